The van der Waals surface area contributed by atoms with E-state index in [0.29, 0.717) is 11.3 Å². The topological polar surface area (TPSA) is 185 Å². The molecule has 0 amide bonds. The zero-order valence-corrected chi connectivity index (χ0v) is 23.9. The number of piperidine rings is 1. The summed E-state index contributed by atoms with van der Waals surface area (Å²) < 4.78 is 53.0. The molecule has 0 bridgehead atoms. The van der Waals surface area contributed by atoms with Gasteiger partial charge in [0, 0.05) is 37.1 Å². The van der Waals surface area contributed by atoms with Crippen LogP contribution < -0.4 is 19.7 Å². The van der Waals surface area contributed by atoms with Crippen LogP contribution in [0.3, 0.4) is 0 Å². The van der Waals surface area contributed by atoms with Gasteiger partial charge in [-0.15, -0.1) is 11.3 Å². The number of nitrogens with one attached hydrogen (secondary N) is 3. The van der Waals surface area contributed by atoms with Crippen molar-refractivity contribution in [2.45, 2.75) is 29.9 Å². The number of nitrogens with zero attached hydrogens (tertiary/aromatic N) is 1. The van der Waals surface area contributed by atoms with Gasteiger partial charge in [-0.1, -0.05) is 6.07 Å². The van der Waals surface area contributed by atoms with Crippen molar-refractivity contribution in [1.29, 1.82) is 0 Å². The van der Waals surface area contributed by atoms with E-state index in [9.17, 15) is 36.9 Å². The quantitative estimate of drug-likeness (QED) is 0.176. The van der Waals surface area contributed by atoms with Gasteiger partial charge in [0.15, 0.2) is 0 Å². The maximum atomic E-state index is 12.7. The average Bonchev–Trinajstić information content (AvgIpc) is 3.40. The standard InChI is InChI=1S/C25H30N4O8S3/c1-39(34,35)28-20-14-16(2-7-21(20)30)22(31)15-26-17-8-11-29(12-9-17)19-5-3-18(4-6-19)27-40(36,37)23-10-13-38-24(23)25(32)33/h2-7,10,13-14,17,22,26-28,30-31H,8-9,11-12,15H2,1H3,(H,32,33)/t22-/m0/s1. The number of hydrogen-bond acceptors (Lipinski definition) is 10. The molecule has 1 aromatic heterocycles. The summed E-state index contributed by atoms with van der Waals surface area (Å²) in [6.07, 6.45) is 1.67. The van der Waals surface area contributed by atoms with Crippen LogP contribution in [0.25, 0.3) is 0 Å². The van der Waals surface area contributed by atoms with Crippen molar-refractivity contribution in [3.63, 3.8) is 0 Å². The first-order valence-electron chi connectivity index (χ1n) is 12.2. The Bertz CT molecular complexity index is 1570. The van der Waals surface area contributed by atoms with E-state index in [-0.39, 0.29) is 33.8 Å². The summed E-state index contributed by atoms with van der Waals surface area (Å²) in [5, 5.41) is 34.5. The van der Waals surface area contributed by atoms with Crippen LogP contribution >= 0.6 is 11.3 Å². The first-order chi connectivity index (χ1) is 18.8. The maximum absolute atomic E-state index is 12.7. The molecule has 2 aromatic carbocycles. The van der Waals surface area contributed by atoms with E-state index >= 15 is 0 Å². The van der Waals surface area contributed by atoms with Gasteiger partial charge in [-0.25, -0.2) is 21.6 Å². The van der Waals surface area contributed by atoms with Crippen molar-refractivity contribution in [1.82, 2.24) is 5.32 Å². The summed E-state index contributed by atoms with van der Waals surface area (Å²) in [7, 11) is -7.63. The smallest absolute Gasteiger partial charge is 0.347 e. The Labute approximate surface area is 236 Å². The van der Waals surface area contributed by atoms with E-state index in [4.69, 9.17) is 0 Å². The van der Waals surface area contributed by atoms with Crippen LogP contribution in [0.15, 0.2) is 58.8 Å². The Balaban J connectivity index is 1.28. The number of carbonyl (C=O) groups is 1. The summed E-state index contributed by atoms with van der Waals surface area (Å²) in [4.78, 5) is 12.9. The lowest BCUT2D eigenvalue weighted by Gasteiger charge is -2.34. The molecule has 15 heteroatoms. The predicted molar refractivity (Wildman–Crippen MR) is 153 cm³/mol. The number of phenolic OH excluding ortho intramolecular Hbond substituents is 1. The molecule has 0 saturated carbocycles. The first-order valence-corrected chi connectivity index (χ1v) is 16.5. The summed E-state index contributed by atoms with van der Waals surface area (Å²) in [6, 6.07) is 12.5. The van der Waals surface area contributed by atoms with E-state index < -0.39 is 32.1 Å². The van der Waals surface area contributed by atoms with Gasteiger partial charge in [-0.2, -0.15) is 0 Å². The molecule has 0 aliphatic carbocycles. The SMILES string of the molecule is CS(=O)(=O)Nc1cc([C@@H](O)CNC2CCN(c3ccc(NS(=O)(=O)c4ccsc4C(=O)O)cc3)CC2)ccc1O. The highest BCUT2D eigenvalue weighted by atomic mass is 32.2. The molecule has 2 heterocycles. The molecule has 12 nitrogen and oxygen atoms in total. The van der Waals surface area contributed by atoms with E-state index in [0.717, 1.165) is 49.2 Å². The summed E-state index contributed by atoms with van der Waals surface area (Å²) >= 11 is 0.847. The number of aromatic carboxylic acids is 1. The van der Waals surface area contributed by atoms with Crippen molar-refractivity contribution < 1.29 is 36.9 Å². The van der Waals surface area contributed by atoms with Crippen LogP contribution in [0.4, 0.5) is 17.1 Å². The Morgan fingerprint density at radius 3 is 2.35 bits per heavy atom. The lowest BCUT2D eigenvalue weighted by molar-refractivity contribution is 0.0698. The van der Waals surface area contributed by atoms with Crippen LogP contribution in [-0.2, 0) is 20.0 Å². The molecule has 0 radical (unpaired) electrons. The molecule has 1 fully saturated rings. The summed E-state index contributed by atoms with van der Waals surface area (Å²) in [6.45, 7) is 1.71. The van der Waals surface area contributed by atoms with E-state index in [1.54, 1.807) is 24.3 Å². The number of anilines is 3. The van der Waals surface area contributed by atoms with Crippen molar-refractivity contribution in [3.05, 3.63) is 64.4 Å². The number of benzene rings is 2. The fourth-order valence-electron chi connectivity index (χ4n) is 4.40. The number of rotatable bonds is 11. The summed E-state index contributed by atoms with van der Waals surface area (Å²) in [5.41, 5.74) is 1.70. The highest BCUT2D eigenvalue weighted by Gasteiger charge is 2.25. The minimum Gasteiger partial charge on any atom is -0.506 e. The molecule has 1 saturated heterocycles. The number of carboxylic acids is 1. The number of aliphatic hydroxyl groups is 1. The maximum Gasteiger partial charge on any atom is 0.347 e. The number of carboxylic acid groups (broad SMARTS) is 1. The number of hydrogen-bond donors (Lipinski definition) is 6. The Morgan fingerprint density at radius 1 is 1.05 bits per heavy atom. The Hall–Kier alpha value is -3.37. The van der Waals surface area contributed by atoms with Gasteiger partial charge in [-0.3, -0.25) is 9.44 Å². The van der Waals surface area contributed by atoms with Gasteiger partial charge in [0.2, 0.25) is 10.0 Å². The third-order valence-corrected chi connectivity index (χ3v) is 9.44. The molecule has 0 spiro atoms. The van der Waals surface area contributed by atoms with Crippen LogP contribution in [0.1, 0.15) is 34.2 Å². The Morgan fingerprint density at radius 2 is 1.73 bits per heavy atom. The molecular formula is C25H30N4O8S3. The van der Waals surface area contributed by atoms with Crippen LogP contribution in [0.2, 0.25) is 0 Å². The second-order valence-electron chi connectivity index (χ2n) is 9.41. The number of phenols is 1. The van der Waals surface area contributed by atoms with E-state index in [2.05, 4.69) is 19.7 Å². The van der Waals surface area contributed by atoms with Crippen molar-refractivity contribution >= 4 is 54.4 Å². The lowest BCUT2D eigenvalue weighted by Crippen LogP contribution is -2.43. The van der Waals surface area contributed by atoms with Gasteiger partial charge < -0.3 is 25.5 Å². The lowest BCUT2D eigenvalue weighted by atomic mass is 10.0. The van der Waals surface area contributed by atoms with Crippen LogP contribution in [-0.4, -0.2) is 70.1 Å². The summed E-state index contributed by atoms with van der Waals surface area (Å²) in [5.74, 6) is -1.53. The van der Waals surface area contributed by atoms with Gasteiger partial charge in [0.25, 0.3) is 10.0 Å². The minimum absolute atomic E-state index is 0.00246. The third-order valence-electron chi connectivity index (χ3n) is 6.39. The molecule has 1 atom stereocenters. The number of thiophene rings is 1. The molecule has 6 N–H and O–H groups in total. The van der Waals surface area contributed by atoms with Gasteiger partial charge in [0.1, 0.15) is 15.5 Å². The molecule has 1 aliphatic heterocycles. The molecule has 1 aliphatic rings. The zero-order chi connectivity index (χ0) is 29.1. The third kappa shape index (κ3) is 7.42. The number of sulfonamides is 2. The molecule has 216 valence electrons. The van der Waals surface area contributed by atoms with Crippen molar-refractivity contribution in [3.8, 4) is 5.75 Å². The zero-order valence-electron chi connectivity index (χ0n) is 21.4. The average molecular weight is 611 g/mol. The molecule has 3 aromatic rings. The first kappa shape index (κ1) is 29.6. The van der Waals surface area contributed by atoms with Crippen LogP contribution in [0.5, 0.6) is 5.75 Å². The number of aromatic hydroxyl groups is 1. The predicted octanol–water partition coefficient (Wildman–Crippen LogP) is 2.62. The fourth-order valence-corrected chi connectivity index (χ4v) is 7.28. The van der Waals surface area contributed by atoms with Gasteiger partial charge in [-0.05, 0) is 66.2 Å². The molecule has 4 rings (SSSR count). The highest BCUT2D eigenvalue weighted by molar-refractivity contribution is 7.93. The van der Waals surface area contributed by atoms with Gasteiger partial charge >= 0.3 is 5.97 Å². The second-order valence-corrected chi connectivity index (χ2v) is 13.7. The van der Waals surface area contributed by atoms with Crippen LogP contribution in [0, 0.1) is 0 Å². The van der Waals surface area contributed by atoms with E-state index in [1.807, 2.05) is 0 Å². The number of aliphatic hydroxyl groups excluding tert-OH is 1. The molecule has 40 heavy (non-hydrogen) atoms. The Kier molecular flexibility index (Phi) is 8.90. The molecular weight excluding hydrogens is 580 g/mol. The van der Waals surface area contributed by atoms with Gasteiger partial charge in [0.05, 0.1) is 18.0 Å². The normalized spacial score (nSPS) is 15.5. The highest BCUT2D eigenvalue weighted by Crippen LogP contribution is 2.29. The fraction of sp³-hybridized carbons (Fsp3) is 0.320. The largest absolute Gasteiger partial charge is 0.506 e. The monoisotopic (exact) mass is 610 g/mol. The second kappa shape index (κ2) is 12.0. The van der Waals surface area contributed by atoms with Crippen molar-refractivity contribution in [2.24, 2.45) is 0 Å². The molecule has 0 unspecified atom stereocenters. The minimum atomic E-state index is -4.04. The van der Waals surface area contributed by atoms with E-state index in [1.165, 1.54) is 29.6 Å². The van der Waals surface area contributed by atoms with Crippen molar-refractivity contribution in [2.75, 3.05) is 40.2 Å².